The quantitative estimate of drug-likeness (QED) is 0.777. The van der Waals surface area contributed by atoms with Gasteiger partial charge in [-0.3, -0.25) is 4.68 Å². The van der Waals surface area contributed by atoms with E-state index >= 15 is 0 Å². The lowest BCUT2D eigenvalue weighted by Crippen LogP contribution is -2.10. The van der Waals surface area contributed by atoms with Gasteiger partial charge in [0.1, 0.15) is 5.82 Å². The van der Waals surface area contributed by atoms with E-state index in [9.17, 15) is 0 Å². The van der Waals surface area contributed by atoms with E-state index in [4.69, 9.17) is 17.3 Å². The van der Waals surface area contributed by atoms with Crippen LogP contribution in [0.2, 0.25) is 4.34 Å². The van der Waals surface area contributed by atoms with E-state index in [1.165, 1.54) is 11.3 Å². The Kier molecular flexibility index (Phi) is 3.23. The molecule has 1 atom stereocenters. The minimum Gasteiger partial charge on any atom is -0.383 e. The van der Waals surface area contributed by atoms with Crippen LogP contribution in [-0.2, 0) is 7.05 Å². The number of thiophene rings is 1. The van der Waals surface area contributed by atoms with Crippen LogP contribution in [0, 0.1) is 0 Å². The molecule has 0 aliphatic heterocycles. The number of nitrogens with one attached hydrogen (secondary N) is 1. The number of hydrogen-bond donors (Lipinski definition) is 2. The molecule has 0 aliphatic rings. The first-order valence-corrected chi connectivity index (χ1v) is 7.21. The van der Waals surface area contributed by atoms with Crippen molar-refractivity contribution < 1.29 is 0 Å². The highest BCUT2D eigenvalue weighted by atomic mass is 35.5. The summed E-state index contributed by atoms with van der Waals surface area (Å²) in [6, 6.07) is 3.91. The summed E-state index contributed by atoms with van der Waals surface area (Å²) in [6.45, 7) is 2.02. The van der Waals surface area contributed by atoms with Gasteiger partial charge in [0.25, 0.3) is 0 Å². The van der Waals surface area contributed by atoms with Gasteiger partial charge in [0.15, 0.2) is 5.65 Å². The molecule has 0 aromatic carbocycles. The van der Waals surface area contributed by atoms with E-state index < -0.39 is 0 Å². The summed E-state index contributed by atoms with van der Waals surface area (Å²) in [6.07, 6.45) is 1.66. The van der Waals surface area contributed by atoms with Crippen molar-refractivity contribution in [3.63, 3.8) is 0 Å². The summed E-state index contributed by atoms with van der Waals surface area (Å²) in [7, 11) is 1.82. The molecular formula is C12H13ClN6S. The highest BCUT2D eigenvalue weighted by Gasteiger charge is 2.13. The molecule has 3 aromatic heterocycles. The molecule has 3 rings (SSSR count). The van der Waals surface area contributed by atoms with Crippen LogP contribution < -0.4 is 11.1 Å². The highest BCUT2D eigenvalue weighted by Crippen LogP contribution is 2.29. The monoisotopic (exact) mass is 308 g/mol. The van der Waals surface area contributed by atoms with Crippen molar-refractivity contribution in [2.75, 3.05) is 11.1 Å². The normalized spacial score (nSPS) is 12.8. The number of hydrogen-bond acceptors (Lipinski definition) is 6. The van der Waals surface area contributed by atoms with Crippen molar-refractivity contribution in [2.45, 2.75) is 13.0 Å². The van der Waals surface area contributed by atoms with Gasteiger partial charge in [-0.1, -0.05) is 11.6 Å². The Bertz CT molecular complexity index is 764. The third-order valence-electron chi connectivity index (χ3n) is 2.99. The van der Waals surface area contributed by atoms with Gasteiger partial charge in [-0.25, -0.2) is 0 Å². The lowest BCUT2D eigenvalue weighted by atomic mass is 10.3. The lowest BCUT2D eigenvalue weighted by molar-refractivity contribution is 0.783. The van der Waals surface area contributed by atoms with Gasteiger partial charge in [-0.05, 0) is 19.1 Å². The molecule has 0 amide bonds. The number of nitrogens with two attached hydrogens (primary N) is 1. The van der Waals surface area contributed by atoms with Crippen LogP contribution in [0.15, 0.2) is 18.3 Å². The largest absolute Gasteiger partial charge is 0.383 e. The van der Waals surface area contributed by atoms with Crippen LogP contribution in [-0.4, -0.2) is 19.7 Å². The maximum absolute atomic E-state index is 5.94. The second kappa shape index (κ2) is 4.92. The van der Waals surface area contributed by atoms with Crippen molar-refractivity contribution in [2.24, 2.45) is 7.05 Å². The van der Waals surface area contributed by atoms with Crippen molar-refractivity contribution in [3.8, 4) is 0 Å². The summed E-state index contributed by atoms with van der Waals surface area (Å²) in [5.74, 6) is 0.901. The number of halogens is 1. The van der Waals surface area contributed by atoms with Gasteiger partial charge < -0.3 is 11.1 Å². The topological polar surface area (TPSA) is 81.6 Å². The fraction of sp³-hybridized carbons (Fsp3) is 0.250. The summed E-state index contributed by atoms with van der Waals surface area (Å²) >= 11 is 7.47. The van der Waals surface area contributed by atoms with Crippen LogP contribution >= 0.6 is 22.9 Å². The Hall–Kier alpha value is -1.86. The van der Waals surface area contributed by atoms with Gasteiger partial charge in [-0.15, -0.1) is 11.3 Å². The number of aromatic nitrogens is 4. The first-order valence-electron chi connectivity index (χ1n) is 6.01. The van der Waals surface area contributed by atoms with Gasteiger partial charge in [0.05, 0.1) is 22.0 Å². The van der Waals surface area contributed by atoms with E-state index in [0.29, 0.717) is 17.4 Å². The number of nitrogen functional groups attached to an aromatic ring is 1. The summed E-state index contributed by atoms with van der Waals surface area (Å²) < 4.78 is 2.43. The zero-order chi connectivity index (χ0) is 14.3. The van der Waals surface area contributed by atoms with Crippen LogP contribution in [0.3, 0.4) is 0 Å². The summed E-state index contributed by atoms with van der Waals surface area (Å²) in [4.78, 5) is 9.81. The Balaban J connectivity index is 1.92. The second-order valence-electron chi connectivity index (χ2n) is 4.45. The molecule has 0 fully saturated rings. The van der Waals surface area contributed by atoms with Crippen LogP contribution in [0.5, 0.6) is 0 Å². The average molecular weight is 309 g/mol. The molecule has 0 saturated heterocycles. The SMILES string of the molecule is CC(Nc1nc(N)c2cnn(C)c2n1)c1ccc(Cl)s1. The summed E-state index contributed by atoms with van der Waals surface area (Å²) in [5.41, 5.74) is 6.63. The second-order valence-corrected chi connectivity index (χ2v) is 6.19. The van der Waals surface area contributed by atoms with Gasteiger partial charge in [0, 0.05) is 11.9 Å². The number of anilines is 2. The third-order valence-corrected chi connectivity index (χ3v) is 4.40. The van der Waals surface area contributed by atoms with E-state index in [2.05, 4.69) is 20.4 Å². The van der Waals surface area contributed by atoms with E-state index in [1.54, 1.807) is 10.9 Å². The zero-order valence-electron chi connectivity index (χ0n) is 11.0. The minimum absolute atomic E-state index is 0.0533. The van der Waals surface area contributed by atoms with Gasteiger partial charge >= 0.3 is 0 Å². The number of aryl methyl sites for hydroxylation is 1. The average Bonchev–Trinajstić information content (AvgIpc) is 2.97. The van der Waals surface area contributed by atoms with Crippen molar-refractivity contribution in [1.82, 2.24) is 19.7 Å². The first-order chi connectivity index (χ1) is 9.54. The van der Waals surface area contributed by atoms with Gasteiger partial charge in [0.2, 0.25) is 5.95 Å². The van der Waals surface area contributed by atoms with E-state index in [1.807, 2.05) is 26.1 Å². The van der Waals surface area contributed by atoms with E-state index in [0.717, 1.165) is 14.6 Å². The number of rotatable bonds is 3. The molecule has 3 heterocycles. The molecule has 0 spiro atoms. The molecule has 0 radical (unpaired) electrons. The Morgan fingerprint density at radius 2 is 2.20 bits per heavy atom. The van der Waals surface area contributed by atoms with Crippen molar-refractivity contribution in [1.29, 1.82) is 0 Å². The lowest BCUT2D eigenvalue weighted by Gasteiger charge is -2.12. The first kappa shape index (κ1) is 13.1. The summed E-state index contributed by atoms with van der Waals surface area (Å²) in [5, 5.41) is 8.11. The van der Waals surface area contributed by atoms with E-state index in [-0.39, 0.29) is 6.04 Å². The fourth-order valence-corrected chi connectivity index (χ4v) is 3.00. The maximum atomic E-state index is 5.94. The Morgan fingerprint density at radius 1 is 1.40 bits per heavy atom. The molecule has 8 heteroatoms. The molecule has 1 unspecified atom stereocenters. The highest BCUT2D eigenvalue weighted by molar-refractivity contribution is 7.16. The molecule has 104 valence electrons. The van der Waals surface area contributed by atoms with Gasteiger partial charge in [-0.2, -0.15) is 15.1 Å². The maximum Gasteiger partial charge on any atom is 0.227 e. The molecule has 0 aliphatic carbocycles. The predicted molar refractivity (Wildman–Crippen MR) is 82.1 cm³/mol. The van der Waals surface area contributed by atoms with Crippen LogP contribution in [0.25, 0.3) is 11.0 Å². The zero-order valence-corrected chi connectivity index (χ0v) is 12.5. The Labute approximate surface area is 124 Å². The van der Waals surface area contributed by atoms with Crippen LogP contribution in [0.4, 0.5) is 11.8 Å². The fourth-order valence-electron chi connectivity index (χ4n) is 1.93. The minimum atomic E-state index is 0.0533. The molecule has 3 N–H and O–H groups in total. The molecule has 0 saturated carbocycles. The smallest absolute Gasteiger partial charge is 0.227 e. The molecular weight excluding hydrogens is 296 g/mol. The molecule has 20 heavy (non-hydrogen) atoms. The Morgan fingerprint density at radius 3 is 2.90 bits per heavy atom. The standard InChI is InChI=1S/C12H13ClN6S/c1-6(8-3-4-9(13)20-8)16-12-17-10(14)7-5-15-19(2)11(7)18-12/h3-6H,1-2H3,(H3,14,16,17,18). The van der Waals surface area contributed by atoms with Crippen LogP contribution in [0.1, 0.15) is 17.8 Å². The van der Waals surface area contributed by atoms with Crippen molar-refractivity contribution >= 4 is 45.7 Å². The van der Waals surface area contributed by atoms with Crippen molar-refractivity contribution in [3.05, 3.63) is 27.5 Å². The molecule has 6 nitrogen and oxygen atoms in total. The number of nitrogens with zero attached hydrogens (tertiary/aromatic N) is 4. The molecule has 0 bridgehead atoms. The number of fused-ring (bicyclic) bond motifs is 1. The molecule has 3 aromatic rings. The third kappa shape index (κ3) is 2.30. The predicted octanol–water partition coefficient (Wildman–Crippen LogP) is 2.83.